The summed E-state index contributed by atoms with van der Waals surface area (Å²) in [6.45, 7) is 0.452. The summed E-state index contributed by atoms with van der Waals surface area (Å²) in [7, 11) is 0. The van der Waals surface area contributed by atoms with E-state index in [1.54, 1.807) is 6.26 Å². The van der Waals surface area contributed by atoms with Gasteiger partial charge in [0.2, 0.25) is 0 Å². The van der Waals surface area contributed by atoms with Gasteiger partial charge in [-0.1, -0.05) is 12.1 Å². The quantitative estimate of drug-likeness (QED) is 0.869. The zero-order valence-electron chi connectivity index (χ0n) is 8.99. The van der Waals surface area contributed by atoms with Crippen LogP contribution >= 0.6 is 31.9 Å². The van der Waals surface area contributed by atoms with Gasteiger partial charge in [0.05, 0.1) is 16.8 Å². The maximum absolute atomic E-state index is 5.77. The number of rotatable bonds is 4. The number of furan rings is 1. The van der Waals surface area contributed by atoms with Gasteiger partial charge >= 0.3 is 0 Å². The van der Waals surface area contributed by atoms with Gasteiger partial charge in [-0.25, -0.2) is 0 Å². The van der Waals surface area contributed by atoms with Crippen molar-refractivity contribution in [3.8, 4) is 0 Å². The molecule has 2 aromatic rings. The van der Waals surface area contributed by atoms with Gasteiger partial charge in [-0.3, -0.25) is 0 Å². The van der Waals surface area contributed by atoms with Crippen LogP contribution in [0.2, 0.25) is 0 Å². The molecule has 0 amide bonds. The van der Waals surface area contributed by atoms with E-state index in [0.717, 1.165) is 20.4 Å². The molecular weight excluding hydrogens is 348 g/mol. The first-order chi connectivity index (χ1) is 8.22. The van der Waals surface area contributed by atoms with Gasteiger partial charge < -0.3 is 15.5 Å². The van der Waals surface area contributed by atoms with Crippen molar-refractivity contribution in [3.63, 3.8) is 0 Å². The number of hydrogen-bond acceptors (Lipinski definition) is 3. The number of nitrogens with one attached hydrogen (secondary N) is 1. The number of nitrogens with two attached hydrogens (primary N) is 1. The molecule has 0 spiro atoms. The van der Waals surface area contributed by atoms with Crippen LogP contribution in [0.4, 0.5) is 5.69 Å². The summed E-state index contributed by atoms with van der Waals surface area (Å²) in [6.07, 6.45) is 1.64. The smallest absolute Gasteiger partial charge is 0.141 e. The van der Waals surface area contributed by atoms with Crippen LogP contribution in [0.25, 0.3) is 0 Å². The third kappa shape index (κ3) is 2.91. The second kappa shape index (κ2) is 5.71. The van der Waals surface area contributed by atoms with E-state index < -0.39 is 0 Å². The van der Waals surface area contributed by atoms with E-state index in [9.17, 15) is 0 Å². The monoisotopic (exact) mass is 358 g/mol. The lowest BCUT2D eigenvalue weighted by atomic mass is 10.2. The lowest BCUT2D eigenvalue weighted by Gasteiger charge is -2.17. The Morgan fingerprint density at radius 2 is 1.94 bits per heavy atom. The van der Waals surface area contributed by atoms with Gasteiger partial charge in [-0.05, 0) is 50.1 Å². The van der Waals surface area contributed by atoms with Crippen LogP contribution in [0.1, 0.15) is 11.8 Å². The maximum Gasteiger partial charge on any atom is 0.141 e. The molecule has 1 atom stereocenters. The van der Waals surface area contributed by atoms with Crippen molar-refractivity contribution >= 4 is 37.5 Å². The summed E-state index contributed by atoms with van der Waals surface area (Å²) in [4.78, 5) is 0. The predicted molar refractivity (Wildman–Crippen MR) is 76.0 cm³/mol. The van der Waals surface area contributed by atoms with Crippen molar-refractivity contribution in [3.05, 3.63) is 51.3 Å². The van der Waals surface area contributed by atoms with Gasteiger partial charge in [0.25, 0.3) is 0 Å². The molecule has 0 aliphatic rings. The third-order valence-corrected chi connectivity index (χ3v) is 3.75. The van der Waals surface area contributed by atoms with E-state index in [0.29, 0.717) is 6.54 Å². The first-order valence-corrected chi connectivity index (χ1v) is 6.75. The lowest BCUT2D eigenvalue weighted by Crippen LogP contribution is -2.20. The Kier molecular flexibility index (Phi) is 4.25. The highest BCUT2D eigenvalue weighted by Crippen LogP contribution is 2.29. The van der Waals surface area contributed by atoms with E-state index in [-0.39, 0.29) is 6.04 Å². The van der Waals surface area contributed by atoms with E-state index in [1.165, 1.54) is 0 Å². The van der Waals surface area contributed by atoms with Gasteiger partial charge in [0.1, 0.15) is 5.76 Å². The first-order valence-electron chi connectivity index (χ1n) is 5.16. The lowest BCUT2D eigenvalue weighted by molar-refractivity contribution is 0.479. The molecule has 0 aliphatic heterocycles. The van der Waals surface area contributed by atoms with Crippen molar-refractivity contribution < 1.29 is 4.42 Å². The Labute approximate surface area is 117 Å². The fourth-order valence-electron chi connectivity index (χ4n) is 1.55. The molecule has 3 N–H and O–H groups in total. The molecule has 0 saturated carbocycles. The highest BCUT2D eigenvalue weighted by molar-refractivity contribution is 9.10. The summed E-state index contributed by atoms with van der Waals surface area (Å²) >= 11 is 6.93. The highest BCUT2D eigenvalue weighted by atomic mass is 79.9. The number of benzene rings is 1. The molecule has 90 valence electrons. The number of hydrogen-bond donors (Lipinski definition) is 2. The molecule has 1 aromatic heterocycles. The van der Waals surface area contributed by atoms with E-state index in [1.807, 2.05) is 30.3 Å². The Bertz CT molecular complexity index is 499. The maximum atomic E-state index is 5.77. The Morgan fingerprint density at radius 1 is 1.18 bits per heavy atom. The first kappa shape index (κ1) is 12.7. The fourth-order valence-corrected chi connectivity index (χ4v) is 2.43. The van der Waals surface area contributed by atoms with Crippen LogP contribution in [0.15, 0.2) is 50.0 Å². The van der Waals surface area contributed by atoms with Crippen LogP contribution in [0.3, 0.4) is 0 Å². The summed E-state index contributed by atoms with van der Waals surface area (Å²) in [5.74, 6) is 0.809. The Morgan fingerprint density at radius 3 is 2.53 bits per heavy atom. The van der Waals surface area contributed by atoms with Crippen LogP contribution in [-0.2, 0) is 0 Å². The summed E-state index contributed by atoms with van der Waals surface area (Å²) in [5, 5.41) is 3.34. The van der Waals surface area contributed by atoms with Gasteiger partial charge in [-0.15, -0.1) is 0 Å². The SMILES string of the molecule is NCC(Nc1ccccc1Br)c1occc1Br. The molecule has 3 nitrogen and oxygen atoms in total. The molecule has 5 heteroatoms. The molecule has 0 radical (unpaired) electrons. The number of halogens is 2. The summed E-state index contributed by atoms with van der Waals surface area (Å²) in [6, 6.07) is 9.71. The molecule has 1 aromatic carbocycles. The molecule has 0 saturated heterocycles. The van der Waals surface area contributed by atoms with Gasteiger partial charge in [0, 0.05) is 16.7 Å². The minimum atomic E-state index is -0.0573. The highest BCUT2D eigenvalue weighted by Gasteiger charge is 2.16. The van der Waals surface area contributed by atoms with Crippen molar-refractivity contribution in [1.82, 2.24) is 0 Å². The molecule has 0 bridgehead atoms. The van der Waals surface area contributed by atoms with Crippen LogP contribution in [0.5, 0.6) is 0 Å². The summed E-state index contributed by atoms with van der Waals surface area (Å²) < 4.78 is 7.35. The zero-order valence-corrected chi connectivity index (χ0v) is 12.2. The Balaban J connectivity index is 2.22. The van der Waals surface area contributed by atoms with E-state index in [2.05, 4.69) is 37.2 Å². The number of anilines is 1. The van der Waals surface area contributed by atoms with Crippen molar-refractivity contribution in [2.24, 2.45) is 5.73 Å². The molecular formula is C12H12Br2N2O. The minimum Gasteiger partial charge on any atom is -0.466 e. The van der Waals surface area contributed by atoms with Crippen LogP contribution < -0.4 is 11.1 Å². The summed E-state index contributed by atoms with van der Waals surface area (Å²) in [5.41, 5.74) is 6.76. The van der Waals surface area contributed by atoms with Gasteiger partial charge in [-0.2, -0.15) is 0 Å². The van der Waals surface area contributed by atoms with E-state index >= 15 is 0 Å². The van der Waals surface area contributed by atoms with Crippen molar-refractivity contribution in [2.75, 3.05) is 11.9 Å². The fraction of sp³-hybridized carbons (Fsp3) is 0.167. The molecule has 2 rings (SSSR count). The average Bonchev–Trinajstić information content (AvgIpc) is 2.75. The molecule has 0 aliphatic carbocycles. The molecule has 0 fully saturated rings. The van der Waals surface area contributed by atoms with Crippen molar-refractivity contribution in [2.45, 2.75) is 6.04 Å². The van der Waals surface area contributed by atoms with E-state index in [4.69, 9.17) is 10.2 Å². The average molecular weight is 360 g/mol. The third-order valence-electron chi connectivity index (χ3n) is 2.40. The molecule has 1 unspecified atom stereocenters. The topological polar surface area (TPSA) is 51.2 Å². The Hall–Kier alpha value is -0.780. The second-order valence-electron chi connectivity index (χ2n) is 3.55. The number of para-hydroxylation sites is 1. The molecule has 17 heavy (non-hydrogen) atoms. The minimum absolute atomic E-state index is 0.0573. The zero-order chi connectivity index (χ0) is 12.3. The second-order valence-corrected chi connectivity index (χ2v) is 5.25. The van der Waals surface area contributed by atoms with Crippen molar-refractivity contribution in [1.29, 1.82) is 0 Å². The standard InChI is InChI=1S/C12H12Br2N2O/c13-8-3-1-2-4-10(8)16-11(7-15)12-9(14)5-6-17-12/h1-6,11,16H,7,15H2. The van der Waals surface area contributed by atoms with Gasteiger partial charge in [0.15, 0.2) is 0 Å². The van der Waals surface area contributed by atoms with Crippen LogP contribution in [-0.4, -0.2) is 6.54 Å². The normalized spacial score (nSPS) is 12.4. The predicted octanol–water partition coefficient (Wildman–Crippen LogP) is 3.92. The largest absolute Gasteiger partial charge is 0.466 e. The van der Waals surface area contributed by atoms with Crippen LogP contribution in [0, 0.1) is 0 Å². The molecule has 1 heterocycles.